The Balaban J connectivity index is 1.53. The molecule has 0 bridgehead atoms. The topological polar surface area (TPSA) is 59.1 Å². The molecule has 0 spiro atoms. The van der Waals surface area contributed by atoms with Crippen molar-refractivity contribution in [2.24, 2.45) is 0 Å². The lowest BCUT2D eigenvalue weighted by atomic mass is 10.0. The number of benzene rings is 2. The lowest BCUT2D eigenvalue weighted by Crippen LogP contribution is -2.48. The van der Waals surface area contributed by atoms with Gasteiger partial charge in [0.25, 0.3) is 5.91 Å². The zero-order valence-electron chi connectivity index (χ0n) is 19.3. The third kappa shape index (κ3) is 6.01. The molecule has 1 atom stereocenters. The van der Waals surface area contributed by atoms with E-state index in [2.05, 4.69) is 0 Å². The van der Waals surface area contributed by atoms with Crippen LogP contribution in [0.15, 0.2) is 60.0 Å². The van der Waals surface area contributed by atoms with Crippen LogP contribution < -0.4 is 4.74 Å². The monoisotopic (exact) mass is 516 g/mol. The van der Waals surface area contributed by atoms with Crippen LogP contribution in [0.2, 0.25) is 5.02 Å². The van der Waals surface area contributed by atoms with Crippen LogP contribution in [0.1, 0.15) is 26.8 Å². The Hall–Kier alpha value is -2.94. The highest BCUT2D eigenvalue weighted by atomic mass is 35.5. The summed E-state index contributed by atoms with van der Waals surface area (Å²) in [6.45, 7) is 0.973. The molecule has 3 aromatic rings. The van der Waals surface area contributed by atoms with Gasteiger partial charge in [0, 0.05) is 30.1 Å². The molecule has 0 aliphatic carbocycles. The maximum Gasteiger partial charge on any atom is 0.257 e. The molecule has 2 heterocycles. The van der Waals surface area contributed by atoms with Gasteiger partial charge in [-0.15, -0.1) is 11.3 Å². The molecule has 4 rings (SSSR count). The fourth-order valence-corrected chi connectivity index (χ4v) is 5.15. The Morgan fingerprint density at radius 1 is 1.17 bits per heavy atom. The van der Waals surface area contributed by atoms with E-state index in [4.69, 9.17) is 21.1 Å². The molecule has 0 saturated heterocycles. The second kappa shape index (κ2) is 11.7. The van der Waals surface area contributed by atoms with Crippen molar-refractivity contribution in [3.8, 4) is 5.75 Å². The van der Waals surface area contributed by atoms with Gasteiger partial charge in [-0.2, -0.15) is 0 Å². The zero-order chi connectivity index (χ0) is 24.8. The van der Waals surface area contributed by atoms with Gasteiger partial charge in [-0.05, 0) is 59.8 Å². The van der Waals surface area contributed by atoms with Crippen molar-refractivity contribution in [1.29, 1.82) is 0 Å². The smallest absolute Gasteiger partial charge is 0.257 e. The van der Waals surface area contributed by atoms with Gasteiger partial charge in [-0.25, -0.2) is 4.39 Å². The summed E-state index contributed by atoms with van der Waals surface area (Å²) >= 11 is 7.63. The fourth-order valence-electron chi connectivity index (χ4n) is 4.09. The number of methoxy groups -OCH3 is 1. The number of hydrogen-bond acceptors (Lipinski definition) is 5. The van der Waals surface area contributed by atoms with Crippen molar-refractivity contribution in [3.05, 3.63) is 86.8 Å². The average molecular weight is 517 g/mol. The molecular weight excluding hydrogens is 491 g/mol. The molecule has 184 valence electrons. The van der Waals surface area contributed by atoms with E-state index in [1.807, 2.05) is 11.4 Å². The van der Waals surface area contributed by atoms with Crippen LogP contribution in [-0.4, -0.2) is 61.6 Å². The van der Waals surface area contributed by atoms with E-state index in [0.29, 0.717) is 17.3 Å². The van der Waals surface area contributed by atoms with Crippen molar-refractivity contribution < 1.29 is 23.5 Å². The van der Waals surface area contributed by atoms with Crippen LogP contribution >= 0.6 is 22.9 Å². The second-order valence-electron chi connectivity index (χ2n) is 8.12. The molecule has 1 aliphatic heterocycles. The van der Waals surface area contributed by atoms with E-state index < -0.39 is 11.7 Å². The summed E-state index contributed by atoms with van der Waals surface area (Å²) < 4.78 is 25.4. The molecule has 2 aromatic carbocycles. The third-order valence-corrected chi connectivity index (χ3v) is 7.17. The molecule has 0 radical (unpaired) electrons. The SMILES string of the molecule is COCCN(CC(=O)N1CCc2sccc2[C@@H]1COc1ccc(Cl)cc1)C(=O)c1ccccc1F. The molecule has 0 N–H and O–H groups in total. The summed E-state index contributed by atoms with van der Waals surface area (Å²) in [6.07, 6.45) is 0.732. The standard InChI is InChI=1S/C26H26ClFN2O4S/c1-33-14-13-29(26(32)20-4-2-3-5-22(20)28)16-25(31)30-12-10-24-21(11-15-35-24)23(30)17-34-19-8-6-18(27)7-9-19/h2-9,11,15,23H,10,12-14,16-17H2,1H3/t23-/m0/s1. The van der Waals surface area contributed by atoms with Gasteiger partial charge in [0.15, 0.2) is 0 Å². The lowest BCUT2D eigenvalue weighted by molar-refractivity contribution is -0.135. The Kier molecular flexibility index (Phi) is 8.38. The van der Waals surface area contributed by atoms with Crippen molar-refractivity contribution in [1.82, 2.24) is 9.80 Å². The normalized spacial score (nSPS) is 14.9. The van der Waals surface area contributed by atoms with Gasteiger partial charge in [-0.1, -0.05) is 23.7 Å². The van der Waals surface area contributed by atoms with E-state index in [1.165, 1.54) is 35.1 Å². The fraction of sp³-hybridized carbons (Fsp3) is 0.308. The van der Waals surface area contributed by atoms with Crippen LogP contribution in [0.5, 0.6) is 5.75 Å². The van der Waals surface area contributed by atoms with E-state index in [9.17, 15) is 14.0 Å². The van der Waals surface area contributed by atoms with Crippen LogP contribution in [-0.2, 0) is 16.0 Å². The number of fused-ring (bicyclic) bond motifs is 1. The van der Waals surface area contributed by atoms with Crippen LogP contribution in [0.4, 0.5) is 4.39 Å². The van der Waals surface area contributed by atoms with Gasteiger partial charge < -0.3 is 19.3 Å². The summed E-state index contributed by atoms with van der Waals surface area (Å²) in [5.41, 5.74) is 0.977. The largest absolute Gasteiger partial charge is 0.491 e. The van der Waals surface area contributed by atoms with Crippen LogP contribution in [0, 0.1) is 5.82 Å². The number of nitrogens with zero attached hydrogens (tertiary/aromatic N) is 2. The van der Waals surface area contributed by atoms with E-state index >= 15 is 0 Å². The first-order valence-electron chi connectivity index (χ1n) is 11.2. The first-order valence-corrected chi connectivity index (χ1v) is 12.5. The highest BCUT2D eigenvalue weighted by Gasteiger charge is 2.34. The van der Waals surface area contributed by atoms with Crippen molar-refractivity contribution in [3.63, 3.8) is 0 Å². The Morgan fingerprint density at radius 3 is 2.69 bits per heavy atom. The quantitative estimate of drug-likeness (QED) is 0.408. The maximum atomic E-state index is 14.3. The van der Waals surface area contributed by atoms with E-state index in [-0.39, 0.29) is 43.8 Å². The Labute approximate surface area is 212 Å². The van der Waals surface area contributed by atoms with Crippen molar-refractivity contribution in [2.45, 2.75) is 12.5 Å². The molecular formula is C26H26ClFN2O4S. The predicted octanol–water partition coefficient (Wildman–Crippen LogP) is 4.83. The van der Waals surface area contributed by atoms with Gasteiger partial charge >= 0.3 is 0 Å². The number of thiophene rings is 1. The number of carbonyl (C=O) groups excluding carboxylic acids is 2. The van der Waals surface area contributed by atoms with Crippen molar-refractivity contribution >= 4 is 34.8 Å². The van der Waals surface area contributed by atoms with Gasteiger partial charge in [0.1, 0.15) is 24.7 Å². The number of amides is 2. The molecule has 0 saturated carbocycles. The van der Waals surface area contributed by atoms with E-state index in [0.717, 1.165) is 12.0 Å². The van der Waals surface area contributed by atoms with E-state index in [1.54, 1.807) is 46.6 Å². The minimum atomic E-state index is -0.623. The number of carbonyl (C=O) groups is 2. The highest BCUT2D eigenvalue weighted by molar-refractivity contribution is 7.10. The summed E-state index contributed by atoms with van der Waals surface area (Å²) in [5, 5.41) is 2.63. The summed E-state index contributed by atoms with van der Waals surface area (Å²) in [4.78, 5) is 30.9. The molecule has 1 aromatic heterocycles. The number of ether oxygens (including phenoxy) is 2. The minimum absolute atomic E-state index is 0.0715. The van der Waals surface area contributed by atoms with Crippen LogP contribution in [0.3, 0.4) is 0 Å². The number of rotatable bonds is 9. The third-order valence-electron chi connectivity index (χ3n) is 5.92. The lowest BCUT2D eigenvalue weighted by Gasteiger charge is -2.37. The minimum Gasteiger partial charge on any atom is -0.491 e. The first kappa shape index (κ1) is 25.2. The molecule has 9 heteroatoms. The van der Waals surface area contributed by atoms with Gasteiger partial charge in [-0.3, -0.25) is 9.59 Å². The number of hydrogen-bond donors (Lipinski definition) is 0. The maximum absolute atomic E-state index is 14.3. The average Bonchev–Trinajstić information content (AvgIpc) is 3.35. The zero-order valence-corrected chi connectivity index (χ0v) is 20.9. The number of halogens is 2. The second-order valence-corrected chi connectivity index (χ2v) is 9.55. The molecule has 6 nitrogen and oxygen atoms in total. The molecule has 35 heavy (non-hydrogen) atoms. The summed E-state index contributed by atoms with van der Waals surface area (Å²) in [7, 11) is 1.51. The molecule has 0 unspecified atom stereocenters. The highest BCUT2D eigenvalue weighted by Crippen LogP contribution is 2.34. The summed E-state index contributed by atoms with van der Waals surface area (Å²) in [6, 6.07) is 14.5. The van der Waals surface area contributed by atoms with Crippen LogP contribution in [0.25, 0.3) is 0 Å². The van der Waals surface area contributed by atoms with Crippen molar-refractivity contribution in [2.75, 3.05) is 40.0 Å². The van der Waals surface area contributed by atoms with Gasteiger partial charge in [0.2, 0.25) is 5.91 Å². The summed E-state index contributed by atoms with van der Waals surface area (Å²) in [5.74, 6) is -0.744. The first-order chi connectivity index (χ1) is 17.0. The van der Waals surface area contributed by atoms with Gasteiger partial charge in [0.05, 0.1) is 18.2 Å². The molecule has 2 amide bonds. The predicted molar refractivity (Wildman–Crippen MR) is 134 cm³/mol. The molecule has 1 aliphatic rings. The Morgan fingerprint density at radius 2 is 1.94 bits per heavy atom. The Bertz CT molecular complexity index is 1170. The molecule has 0 fully saturated rings.